The Kier molecular flexibility index (Phi) is 6.89. The fraction of sp³-hybridized carbons (Fsp3) is 0.273. The van der Waals surface area contributed by atoms with Gasteiger partial charge in [-0.15, -0.1) is 10.2 Å². The number of anilines is 1. The van der Waals surface area contributed by atoms with Crippen LogP contribution in [-0.2, 0) is 11.8 Å². The van der Waals surface area contributed by atoms with E-state index in [9.17, 15) is 9.59 Å². The summed E-state index contributed by atoms with van der Waals surface area (Å²) in [6, 6.07) is 14.1. The van der Waals surface area contributed by atoms with Crippen LogP contribution in [-0.4, -0.2) is 32.6 Å². The van der Waals surface area contributed by atoms with E-state index < -0.39 is 6.04 Å². The molecule has 3 aromatic rings. The Labute approximate surface area is 180 Å². The minimum absolute atomic E-state index is 0.0647. The molecule has 2 amide bonds. The first-order valence-electron chi connectivity index (χ1n) is 9.64. The van der Waals surface area contributed by atoms with Crippen LogP contribution in [0.1, 0.15) is 29.8 Å². The van der Waals surface area contributed by atoms with E-state index >= 15 is 0 Å². The highest BCUT2D eigenvalue weighted by Crippen LogP contribution is 2.26. The molecule has 1 aromatic heterocycles. The van der Waals surface area contributed by atoms with E-state index in [2.05, 4.69) is 20.8 Å². The Bertz CT molecular complexity index is 1010. The van der Waals surface area contributed by atoms with E-state index in [4.69, 9.17) is 0 Å². The first kappa shape index (κ1) is 21.6. The molecule has 0 bridgehead atoms. The van der Waals surface area contributed by atoms with Crippen molar-refractivity contribution in [3.8, 4) is 0 Å². The molecular formula is C22H25N5O2S. The van der Waals surface area contributed by atoms with Gasteiger partial charge in [-0.2, -0.15) is 0 Å². The van der Waals surface area contributed by atoms with Gasteiger partial charge < -0.3 is 15.2 Å². The minimum Gasteiger partial charge on any atom is -0.340 e. The van der Waals surface area contributed by atoms with Crippen molar-refractivity contribution in [3.63, 3.8) is 0 Å². The fourth-order valence-electron chi connectivity index (χ4n) is 2.76. The largest absolute Gasteiger partial charge is 0.340 e. The second-order valence-corrected chi connectivity index (χ2v) is 8.44. The molecule has 8 heteroatoms. The normalized spacial score (nSPS) is 11.9. The molecule has 0 aliphatic heterocycles. The molecule has 1 unspecified atom stereocenters. The van der Waals surface area contributed by atoms with Crippen LogP contribution < -0.4 is 10.6 Å². The van der Waals surface area contributed by atoms with Crippen LogP contribution in [0.3, 0.4) is 0 Å². The molecule has 0 radical (unpaired) electrons. The molecule has 0 aliphatic carbocycles. The van der Waals surface area contributed by atoms with E-state index in [-0.39, 0.29) is 17.7 Å². The van der Waals surface area contributed by atoms with Gasteiger partial charge in [-0.05, 0) is 61.0 Å². The van der Waals surface area contributed by atoms with Crippen LogP contribution in [0.15, 0.2) is 64.9 Å². The predicted molar refractivity (Wildman–Crippen MR) is 117 cm³/mol. The van der Waals surface area contributed by atoms with Crippen molar-refractivity contribution in [2.75, 3.05) is 5.32 Å². The number of aromatic nitrogens is 3. The first-order chi connectivity index (χ1) is 14.3. The summed E-state index contributed by atoms with van der Waals surface area (Å²) in [5, 5.41) is 14.4. The van der Waals surface area contributed by atoms with Crippen LogP contribution in [0.25, 0.3) is 0 Å². The van der Waals surface area contributed by atoms with Crippen LogP contribution in [0.2, 0.25) is 0 Å². The van der Waals surface area contributed by atoms with Crippen LogP contribution in [0.4, 0.5) is 5.69 Å². The zero-order valence-electron chi connectivity index (χ0n) is 17.4. The molecule has 3 rings (SSSR count). The highest BCUT2D eigenvalue weighted by molar-refractivity contribution is 7.99. The molecule has 30 heavy (non-hydrogen) atoms. The molecule has 156 valence electrons. The van der Waals surface area contributed by atoms with Crippen LogP contribution in [0, 0.1) is 12.8 Å². The van der Waals surface area contributed by atoms with Crippen LogP contribution >= 0.6 is 11.8 Å². The molecule has 0 aliphatic rings. The van der Waals surface area contributed by atoms with Crippen LogP contribution in [0.5, 0.6) is 0 Å². The Balaban J connectivity index is 1.63. The lowest BCUT2D eigenvalue weighted by Crippen LogP contribution is -2.47. The van der Waals surface area contributed by atoms with Crippen molar-refractivity contribution >= 4 is 29.3 Å². The van der Waals surface area contributed by atoms with Gasteiger partial charge in [0.25, 0.3) is 5.91 Å². The molecule has 1 atom stereocenters. The van der Waals surface area contributed by atoms with Gasteiger partial charge in [0, 0.05) is 23.2 Å². The van der Waals surface area contributed by atoms with E-state index in [1.165, 1.54) is 11.8 Å². The Morgan fingerprint density at radius 2 is 1.70 bits per heavy atom. The average Bonchev–Trinajstić information content (AvgIpc) is 3.12. The highest BCUT2D eigenvalue weighted by atomic mass is 32.2. The molecule has 2 aromatic carbocycles. The predicted octanol–water partition coefficient (Wildman–Crippen LogP) is 3.67. The number of nitrogens with one attached hydrogen (secondary N) is 2. The number of aryl methyl sites for hydroxylation is 2. The third-order valence-electron chi connectivity index (χ3n) is 4.55. The summed E-state index contributed by atoms with van der Waals surface area (Å²) >= 11 is 1.49. The SMILES string of the molecule is Cc1ccc(C(=O)NC(C(=O)Nc2ccc(Sc3nncn3C)cc2)C(C)C)cc1. The summed E-state index contributed by atoms with van der Waals surface area (Å²) in [4.78, 5) is 26.3. The number of carbonyl (C=O) groups is 2. The van der Waals surface area contributed by atoms with E-state index in [0.29, 0.717) is 11.3 Å². The lowest BCUT2D eigenvalue weighted by Gasteiger charge is -2.22. The maximum Gasteiger partial charge on any atom is 0.251 e. The quantitative estimate of drug-likeness (QED) is 0.605. The van der Waals surface area contributed by atoms with Gasteiger partial charge in [0.1, 0.15) is 12.4 Å². The maximum absolute atomic E-state index is 12.8. The third kappa shape index (κ3) is 5.48. The first-order valence-corrected chi connectivity index (χ1v) is 10.5. The fourth-order valence-corrected chi connectivity index (χ4v) is 3.52. The second kappa shape index (κ2) is 9.58. The Hall–Kier alpha value is -3.13. The van der Waals surface area contributed by atoms with Gasteiger partial charge >= 0.3 is 0 Å². The van der Waals surface area contributed by atoms with Gasteiger partial charge in [-0.3, -0.25) is 9.59 Å². The van der Waals surface area contributed by atoms with Crippen molar-refractivity contribution in [2.45, 2.75) is 36.9 Å². The smallest absolute Gasteiger partial charge is 0.251 e. The molecule has 0 saturated carbocycles. The molecule has 0 spiro atoms. The van der Waals surface area contributed by atoms with Gasteiger partial charge in [0.15, 0.2) is 5.16 Å². The molecule has 2 N–H and O–H groups in total. The molecule has 0 fully saturated rings. The zero-order chi connectivity index (χ0) is 21.7. The molecule has 1 heterocycles. The van der Waals surface area contributed by atoms with Crippen molar-refractivity contribution in [1.82, 2.24) is 20.1 Å². The maximum atomic E-state index is 12.8. The topological polar surface area (TPSA) is 88.9 Å². The number of hydrogen-bond donors (Lipinski definition) is 2. The average molecular weight is 424 g/mol. The monoisotopic (exact) mass is 423 g/mol. The van der Waals surface area contributed by atoms with Gasteiger partial charge in [0.05, 0.1) is 0 Å². The summed E-state index contributed by atoms with van der Waals surface area (Å²) in [5.74, 6) is -0.580. The van der Waals surface area contributed by atoms with Crippen molar-refractivity contribution in [3.05, 3.63) is 66.0 Å². The lowest BCUT2D eigenvalue weighted by atomic mass is 10.0. The summed E-state index contributed by atoms with van der Waals surface area (Å²) < 4.78 is 1.84. The van der Waals surface area contributed by atoms with Gasteiger partial charge in [0.2, 0.25) is 5.91 Å². The summed E-state index contributed by atoms with van der Waals surface area (Å²) in [6.07, 6.45) is 1.65. The Morgan fingerprint density at radius 1 is 1.03 bits per heavy atom. The van der Waals surface area contributed by atoms with E-state index in [0.717, 1.165) is 15.6 Å². The van der Waals surface area contributed by atoms with Gasteiger partial charge in [-0.1, -0.05) is 31.5 Å². The summed E-state index contributed by atoms with van der Waals surface area (Å²) in [5.41, 5.74) is 2.27. The summed E-state index contributed by atoms with van der Waals surface area (Å²) in [6.45, 7) is 5.77. The number of rotatable bonds is 7. The zero-order valence-corrected chi connectivity index (χ0v) is 18.2. The van der Waals surface area contributed by atoms with Crippen molar-refractivity contribution < 1.29 is 9.59 Å². The second-order valence-electron chi connectivity index (χ2n) is 7.40. The number of hydrogen-bond acceptors (Lipinski definition) is 5. The molecule has 0 saturated heterocycles. The Morgan fingerprint density at radius 3 is 2.27 bits per heavy atom. The van der Waals surface area contributed by atoms with E-state index in [1.54, 1.807) is 18.5 Å². The number of benzene rings is 2. The van der Waals surface area contributed by atoms with Crippen molar-refractivity contribution in [2.24, 2.45) is 13.0 Å². The lowest BCUT2D eigenvalue weighted by molar-refractivity contribution is -0.118. The van der Waals surface area contributed by atoms with Gasteiger partial charge in [-0.25, -0.2) is 0 Å². The molecule has 7 nitrogen and oxygen atoms in total. The highest BCUT2D eigenvalue weighted by Gasteiger charge is 2.24. The number of carbonyl (C=O) groups excluding carboxylic acids is 2. The summed E-state index contributed by atoms with van der Waals surface area (Å²) in [7, 11) is 1.88. The molecular weight excluding hydrogens is 398 g/mol. The number of amides is 2. The minimum atomic E-state index is -0.647. The number of nitrogens with zero attached hydrogens (tertiary/aromatic N) is 3. The standard InChI is InChI=1S/C22H25N5O2S/c1-14(2)19(25-20(28)16-7-5-15(3)6-8-16)21(29)24-17-9-11-18(12-10-17)30-22-26-23-13-27(22)4/h5-14,19H,1-4H3,(H,24,29)(H,25,28). The third-order valence-corrected chi connectivity index (χ3v) is 5.61. The van der Waals surface area contributed by atoms with E-state index in [1.807, 2.05) is 68.8 Å². The van der Waals surface area contributed by atoms with Crippen molar-refractivity contribution in [1.29, 1.82) is 0 Å².